The van der Waals surface area contributed by atoms with Crippen LogP contribution < -0.4 is 24.2 Å². The minimum atomic E-state index is -3.90. The van der Waals surface area contributed by atoms with E-state index in [9.17, 15) is 13.2 Å². The lowest BCUT2D eigenvalue weighted by Crippen LogP contribution is -2.40. The van der Waals surface area contributed by atoms with Crippen molar-refractivity contribution < 1.29 is 27.4 Å². The highest BCUT2D eigenvalue weighted by Crippen LogP contribution is 2.32. The van der Waals surface area contributed by atoms with E-state index in [4.69, 9.17) is 14.2 Å². The van der Waals surface area contributed by atoms with Crippen molar-refractivity contribution in [2.24, 2.45) is 0 Å². The summed E-state index contributed by atoms with van der Waals surface area (Å²) in [6.45, 7) is 8.24. The number of sulfonamides is 1. The molecule has 0 fully saturated rings. The van der Waals surface area contributed by atoms with Crippen LogP contribution >= 0.6 is 0 Å². The van der Waals surface area contributed by atoms with Gasteiger partial charge in [-0.15, -0.1) is 0 Å². The molecule has 174 valence electrons. The molecule has 2 N–H and O–H groups in total. The second-order valence-corrected chi connectivity index (χ2v) is 10.3. The molecule has 2 aromatic rings. The maximum Gasteiger partial charge on any atom is 0.251 e. The van der Waals surface area contributed by atoms with Crippen LogP contribution in [0.2, 0.25) is 0 Å². The first-order chi connectivity index (χ1) is 15.0. The van der Waals surface area contributed by atoms with Crippen LogP contribution in [0.3, 0.4) is 0 Å². The van der Waals surface area contributed by atoms with Gasteiger partial charge in [0.25, 0.3) is 5.91 Å². The Morgan fingerprint density at radius 2 is 1.75 bits per heavy atom. The van der Waals surface area contributed by atoms with Gasteiger partial charge in [-0.2, -0.15) is 0 Å². The van der Waals surface area contributed by atoms with Gasteiger partial charge in [0.1, 0.15) is 10.6 Å². The number of nitrogens with one attached hydrogen (secondary N) is 2. The molecule has 1 aliphatic heterocycles. The van der Waals surface area contributed by atoms with E-state index in [0.717, 1.165) is 12.0 Å². The molecule has 1 heterocycles. The molecule has 0 spiro atoms. The van der Waals surface area contributed by atoms with Gasteiger partial charge >= 0.3 is 0 Å². The number of benzene rings is 2. The Hall–Kier alpha value is -2.78. The van der Waals surface area contributed by atoms with E-state index in [1.165, 1.54) is 25.3 Å². The standard InChI is InChI=1S/C23H30N2O6S/c1-15(16-7-9-18-20(13-16)31-12-6-11-30-18)24-22(26)17-8-10-19(29-5)21(14-17)32(27,28)25-23(2,3)4/h7-10,13-15,25H,6,11-12H2,1-5H3,(H,24,26). The van der Waals surface area contributed by atoms with Crippen molar-refractivity contribution in [2.75, 3.05) is 20.3 Å². The summed E-state index contributed by atoms with van der Waals surface area (Å²) < 4.78 is 44.9. The maximum atomic E-state index is 12.9. The Bertz CT molecular complexity index is 1090. The maximum absolute atomic E-state index is 12.9. The normalized spacial score (nSPS) is 14.9. The molecular weight excluding hydrogens is 432 g/mol. The molecule has 8 nitrogen and oxygen atoms in total. The minimum Gasteiger partial charge on any atom is -0.495 e. The lowest BCUT2D eigenvalue weighted by molar-refractivity contribution is 0.0939. The highest BCUT2D eigenvalue weighted by atomic mass is 32.2. The van der Waals surface area contributed by atoms with Gasteiger partial charge in [-0.3, -0.25) is 4.79 Å². The zero-order chi connectivity index (χ0) is 23.5. The molecule has 2 aromatic carbocycles. The third-order valence-corrected chi connectivity index (χ3v) is 6.55. The average molecular weight is 463 g/mol. The first kappa shape index (κ1) is 23.9. The zero-order valence-electron chi connectivity index (χ0n) is 19.0. The van der Waals surface area contributed by atoms with E-state index in [0.29, 0.717) is 24.7 Å². The minimum absolute atomic E-state index is 0.0918. The van der Waals surface area contributed by atoms with Crippen molar-refractivity contribution >= 4 is 15.9 Å². The van der Waals surface area contributed by atoms with E-state index in [-0.39, 0.29) is 22.3 Å². The average Bonchev–Trinajstić information content (AvgIpc) is 2.96. The number of hydrogen-bond acceptors (Lipinski definition) is 6. The number of carbonyl (C=O) groups is 1. The summed E-state index contributed by atoms with van der Waals surface area (Å²) in [6.07, 6.45) is 0.809. The quantitative estimate of drug-likeness (QED) is 0.682. The lowest BCUT2D eigenvalue weighted by atomic mass is 10.1. The molecular formula is C23H30N2O6S. The van der Waals surface area contributed by atoms with Crippen LogP contribution in [-0.2, 0) is 10.0 Å². The first-order valence-electron chi connectivity index (χ1n) is 10.4. The Labute approximate surface area is 189 Å². The summed E-state index contributed by atoms with van der Waals surface area (Å²) in [7, 11) is -2.51. The molecule has 32 heavy (non-hydrogen) atoms. The van der Waals surface area contributed by atoms with E-state index in [1.807, 2.05) is 25.1 Å². The van der Waals surface area contributed by atoms with Crippen LogP contribution in [0.25, 0.3) is 0 Å². The van der Waals surface area contributed by atoms with Crippen molar-refractivity contribution in [1.29, 1.82) is 0 Å². The number of fused-ring (bicyclic) bond motifs is 1. The van der Waals surface area contributed by atoms with Gasteiger partial charge in [0, 0.05) is 17.5 Å². The number of amides is 1. The van der Waals surface area contributed by atoms with E-state index >= 15 is 0 Å². The predicted octanol–water partition coefficient (Wildman–Crippen LogP) is 3.42. The fourth-order valence-corrected chi connectivity index (χ4v) is 4.91. The predicted molar refractivity (Wildman–Crippen MR) is 121 cm³/mol. The molecule has 1 atom stereocenters. The molecule has 0 saturated heterocycles. The largest absolute Gasteiger partial charge is 0.495 e. The fraction of sp³-hybridized carbons (Fsp3) is 0.435. The van der Waals surface area contributed by atoms with Crippen LogP contribution in [0.15, 0.2) is 41.3 Å². The third-order valence-electron chi connectivity index (χ3n) is 4.78. The molecule has 1 aliphatic rings. The first-order valence-corrected chi connectivity index (χ1v) is 11.9. The molecule has 0 bridgehead atoms. The number of rotatable bonds is 6. The highest BCUT2D eigenvalue weighted by Gasteiger charge is 2.27. The summed E-state index contributed by atoms with van der Waals surface area (Å²) in [5, 5.41) is 2.91. The van der Waals surface area contributed by atoms with Gasteiger partial charge in [-0.05, 0) is 63.6 Å². The van der Waals surface area contributed by atoms with Crippen LogP contribution in [0.5, 0.6) is 17.2 Å². The number of methoxy groups -OCH3 is 1. The van der Waals surface area contributed by atoms with Gasteiger partial charge in [0.15, 0.2) is 11.5 Å². The molecule has 0 radical (unpaired) electrons. The molecule has 1 unspecified atom stereocenters. The summed E-state index contributed by atoms with van der Waals surface area (Å²) in [5.41, 5.74) is 0.368. The van der Waals surface area contributed by atoms with Crippen molar-refractivity contribution in [1.82, 2.24) is 10.0 Å². The van der Waals surface area contributed by atoms with Crippen molar-refractivity contribution in [2.45, 2.75) is 50.6 Å². The number of carbonyl (C=O) groups excluding carboxylic acids is 1. The summed E-state index contributed by atoms with van der Waals surface area (Å²) >= 11 is 0. The number of hydrogen-bond donors (Lipinski definition) is 2. The molecule has 0 aliphatic carbocycles. The van der Waals surface area contributed by atoms with Crippen LogP contribution in [0.1, 0.15) is 56.1 Å². The van der Waals surface area contributed by atoms with Gasteiger partial charge in [-0.1, -0.05) is 6.07 Å². The monoisotopic (exact) mass is 462 g/mol. The second-order valence-electron chi connectivity index (χ2n) is 8.67. The molecule has 0 saturated carbocycles. The number of ether oxygens (including phenoxy) is 3. The van der Waals surface area contributed by atoms with E-state index < -0.39 is 21.5 Å². The van der Waals surface area contributed by atoms with Crippen LogP contribution in [0, 0.1) is 0 Å². The van der Waals surface area contributed by atoms with Crippen LogP contribution in [0.4, 0.5) is 0 Å². The zero-order valence-corrected chi connectivity index (χ0v) is 19.8. The SMILES string of the molecule is COc1ccc(C(=O)NC(C)c2ccc3c(c2)OCCCO3)cc1S(=O)(=O)NC(C)(C)C. The Morgan fingerprint density at radius 3 is 2.41 bits per heavy atom. The molecule has 9 heteroatoms. The Kier molecular flexibility index (Phi) is 7.00. The highest BCUT2D eigenvalue weighted by molar-refractivity contribution is 7.89. The van der Waals surface area contributed by atoms with Crippen molar-refractivity contribution in [3.63, 3.8) is 0 Å². The summed E-state index contributed by atoms with van der Waals surface area (Å²) in [5.74, 6) is 1.09. The Morgan fingerprint density at radius 1 is 1.06 bits per heavy atom. The molecule has 3 rings (SSSR count). The van der Waals surface area contributed by atoms with Gasteiger partial charge in [0.05, 0.1) is 26.4 Å². The second kappa shape index (κ2) is 9.38. The molecule has 0 aromatic heterocycles. The fourth-order valence-electron chi connectivity index (χ4n) is 3.30. The van der Waals surface area contributed by atoms with Crippen molar-refractivity contribution in [3.8, 4) is 17.2 Å². The Balaban J connectivity index is 1.83. The van der Waals surface area contributed by atoms with Crippen LogP contribution in [-0.4, -0.2) is 40.2 Å². The third kappa shape index (κ3) is 5.72. The van der Waals surface area contributed by atoms with Crippen molar-refractivity contribution in [3.05, 3.63) is 47.5 Å². The summed E-state index contributed by atoms with van der Waals surface area (Å²) in [4.78, 5) is 12.8. The van der Waals surface area contributed by atoms with E-state index in [1.54, 1.807) is 20.8 Å². The van der Waals surface area contributed by atoms with Gasteiger partial charge in [0.2, 0.25) is 10.0 Å². The molecule has 1 amide bonds. The van der Waals surface area contributed by atoms with Gasteiger partial charge in [-0.25, -0.2) is 13.1 Å². The van der Waals surface area contributed by atoms with E-state index in [2.05, 4.69) is 10.0 Å². The summed E-state index contributed by atoms with van der Waals surface area (Å²) in [6, 6.07) is 9.54. The lowest BCUT2D eigenvalue weighted by Gasteiger charge is -2.22. The van der Waals surface area contributed by atoms with Gasteiger partial charge < -0.3 is 19.5 Å². The smallest absolute Gasteiger partial charge is 0.251 e. The topological polar surface area (TPSA) is 103 Å².